The molecule has 0 spiro atoms. The second-order valence-electron chi connectivity index (χ2n) is 10.9. The van der Waals surface area contributed by atoms with Crippen molar-refractivity contribution in [3.05, 3.63) is 80.7 Å². The average Bonchev–Trinajstić information content (AvgIpc) is 3.69. The molecular weight excluding hydrogens is 554 g/mol. The number of carbonyl (C=O) groups is 1. The Morgan fingerprint density at radius 2 is 1.58 bits per heavy atom. The van der Waals surface area contributed by atoms with E-state index in [0.717, 1.165) is 17.3 Å². The molecule has 1 aliphatic heterocycles. The van der Waals surface area contributed by atoms with Crippen LogP contribution in [0.1, 0.15) is 53.3 Å². The number of aliphatic hydroxyl groups is 1. The molecule has 36 heavy (non-hydrogen) atoms. The van der Waals surface area contributed by atoms with Gasteiger partial charge in [-0.05, 0) is 53.6 Å². The molecule has 0 radical (unpaired) electrons. The molecule has 7 heteroatoms. The molecule has 3 heterocycles. The van der Waals surface area contributed by atoms with Gasteiger partial charge in [-0.25, -0.2) is 4.79 Å². The van der Waals surface area contributed by atoms with E-state index in [0.29, 0.717) is 33.5 Å². The SMILES string of the molecule is C[N+]1(C2C3CCC2C(OC(=O)C(O)(c2cccs2)c2cccs2)C3)CCC(c2ccccc2)CC1.[Br-]. The smallest absolute Gasteiger partial charge is 0.349 e. The molecule has 2 aromatic heterocycles. The number of halogens is 1. The minimum absolute atomic E-state index is 0. The maximum absolute atomic E-state index is 13.6. The molecular formula is C29H34BrNO3S2. The van der Waals surface area contributed by atoms with Crippen molar-refractivity contribution < 1.29 is 36.1 Å². The first-order valence-electron chi connectivity index (χ1n) is 12.9. The largest absolute Gasteiger partial charge is 1.00 e. The van der Waals surface area contributed by atoms with Crippen LogP contribution >= 0.6 is 22.7 Å². The van der Waals surface area contributed by atoms with Crippen molar-refractivity contribution in [2.45, 2.75) is 55.8 Å². The van der Waals surface area contributed by atoms with E-state index in [1.165, 1.54) is 60.6 Å². The van der Waals surface area contributed by atoms with E-state index in [9.17, 15) is 9.90 Å². The van der Waals surface area contributed by atoms with Crippen molar-refractivity contribution in [2.75, 3.05) is 20.1 Å². The highest BCUT2D eigenvalue weighted by Crippen LogP contribution is 2.52. The first kappa shape index (κ1) is 26.1. The minimum atomic E-state index is -1.72. The third-order valence-electron chi connectivity index (χ3n) is 9.08. The fourth-order valence-electron chi connectivity index (χ4n) is 7.37. The summed E-state index contributed by atoms with van der Waals surface area (Å²) in [5.74, 6) is 1.14. The predicted octanol–water partition coefficient (Wildman–Crippen LogP) is 2.78. The lowest BCUT2D eigenvalue weighted by molar-refractivity contribution is -0.942. The third kappa shape index (κ3) is 4.41. The van der Waals surface area contributed by atoms with Crippen LogP contribution in [0.4, 0.5) is 0 Å². The maximum atomic E-state index is 13.6. The van der Waals surface area contributed by atoms with E-state index >= 15 is 0 Å². The normalized spacial score (nSPS) is 31.7. The Hall–Kier alpha value is -1.51. The zero-order valence-corrected chi connectivity index (χ0v) is 23.8. The Balaban J connectivity index is 0.00000267. The summed E-state index contributed by atoms with van der Waals surface area (Å²) < 4.78 is 7.33. The fraction of sp³-hybridized carbons (Fsp3) is 0.483. The molecule has 1 N–H and O–H groups in total. The number of piperidine rings is 1. The van der Waals surface area contributed by atoms with Crippen LogP contribution in [0.5, 0.6) is 0 Å². The number of hydrogen-bond donors (Lipinski definition) is 1. The number of fused-ring (bicyclic) bond motifs is 2. The van der Waals surface area contributed by atoms with Crippen LogP contribution in [0.15, 0.2) is 65.4 Å². The Bertz CT molecular complexity index is 1110. The monoisotopic (exact) mass is 587 g/mol. The quantitative estimate of drug-likeness (QED) is 0.356. The number of rotatable bonds is 6. The maximum Gasteiger partial charge on any atom is 0.349 e. The van der Waals surface area contributed by atoms with Crippen molar-refractivity contribution in [1.82, 2.24) is 0 Å². The van der Waals surface area contributed by atoms with Gasteiger partial charge < -0.3 is 31.3 Å². The molecule has 3 aromatic rings. The van der Waals surface area contributed by atoms with Crippen molar-refractivity contribution in [3.8, 4) is 0 Å². The third-order valence-corrected chi connectivity index (χ3v) is 11.0. The number of hydrogen-bond acceptors (Lipinski definition) is 5. The Labute approximate surface area is 232 Å². The lowest BCUT2D eigenvalue weighted by Gasteiger charge is -2.47. The highest BCUT2D eigenvalue weighted by atomic mass is 79.9. The van der Waals surface area contributed by atoms with Gasteiger partial charge in [0.15, 0.2) is 0 Å². The van der Waals surface area contributed by atoms with Gasteiger partial charge in [0.2, 0.25) is 5.60 Å². The van der Waals surface area contributed by atoms with Gasteiger partial charge in [-0.15, -0.1) is 22.7 Å². The van der Waals surface area contributed by atoms with Crippen LogP contribution in [0.3, 0.4) is 0 Å². The average molecular weight is 589 g/mol. The number of benzene rings is 1. The van der Waals surface area contributed by atoms with Crippen LogP contribution in [-0.2, 0) is 15.1 Å². The van der Waals surface area contributed by atoms with Gasteiger partial charge in [0, 0.05) is 24.7 Å². The van der Waals surface area contributed by atoms with Gasteiger partial charge in [0.05, 0.1) is 35.9 Å². The van der Waals surface area contributed by atoms with E-state index in [4.69, 9.17) is 4.74 Å². The summed E-state index contributed by atoms with van der Waals surface area (Å²) in [5.41, 5.74) is -0.243. The molecule has 0 amide bonds. The molecule has 1 saturated heterocycles. The van der Waals surface area contributed by atoms with Crippen LogP contribution in [0, 0.1) is 11.8 Å². The van der Waals surface area contributed by atoms with Gasteiger partial charge >= 0.3 is 5.97 Å². The molecule has 3 aliphatic rings. The Morgan fingerprint density at radius 3 is 2.17 bits per heavy atom. The summed E-state index contributed by atoms with van der Waals surface area (Å²) in [5, 5.41) is 15.5. The van der Waals surface area contributed by atoms with Gasteiger partial charge in [0.25, 0.3) is 0 Å². The van der Waals surface area contributed by atoms with Gasteiger partial charge in [-0.1, -0.05) is 42.5 Å². The van der Waals surface area contributed by atoms with E-state index in [-0.39, 0.29) is 23.1 Å². The minimum Gasteiger partial charge on any atom is -1.00 e. The van der Waals surface area contributed by atoms with Crippen molar-refractivity contribution >= 4 is 28.6 Å². The molecule has 1 aromatic carbocycles. The molecule has 2 saturated carbocycles. The summed E-state index contributed by atoms with van der Waals surface area (Å²) in [6.07, 6.45) is 5.63. The van der Waals surface area contributed by atoms with Gasteiger partial charge in [0.1, 0.15) is 6.10 Å². The summed E-state index contributed by atoms with van der Waals surface area (Å²) in [7, 11) is 2.44. The topological polar surface area (TPSA) is 46.5 Å². The molecule has 4 nitrogen and oxygen atoms in total. The van der Waals surface area contributed by atoms with Crippen LogP contribution in [-0.4, -0.2) is 47.8 Å². The predicted molar refractivity (Wildman–Crippen MR) is 140 cm³/mol. The lowest BCUT2D eigenvalue weighted by Crippen LogP contribution is -3.00. The Kier molecular flexibility index (Phi) is 7.50. The van der Waals surface area contributed by atoms with E-state index < -0.39 is 11.6 Å². The zero-order chi connectivity index (χ0) is 24.0. The molecule has 4 atom stereocenters. The van der Waals surface area contributed by atoms with Gasteiger partial charge in [-0.3, -0.25) is 0 Å². The summed E-state index contributed by atoms with van der Waals surface area (Å²) in [6.45, 7) is 2.37. The van der Waals surface area contributed by atoms with Crippen molar-refractivity contribution in [3.63, 3.8) is 0 Å². The van der Waals surface area contributed by atoms with E-state index in [2.05, 4.69) is 37.4 Å². The summed E-state index contributed by atoms with van der Waals surface area (Å²) >= 11 is 2.81. The van der Waals surface area contributed by atoms with Crippen molar-refractivity contribution in [1.29, 1.82) is 0 Å². The number of carbonyl (C=O) groups excluding carboxylic acids is 1. The standard InChI is InChI=1S/C29H34NO3S2.BrH/c1-30(15-13-21(14-16-30)20-7-3-2-4-8-20)27-22-11-12-23(27)24(19-22)33-28(31)29(32,25-9-5-17-34-25)26-10-6-18-35-26;/h2-10,17-18,21-24,27,32H,11-16,19H2,1H3;1H/q+1;/p-1. The van der Waals surface area contributed by atoms with E-state index in [1.807, 2.05) is 35.0 Å². The molecule has 4 unspecified atom stereocenters. The Morgan fingerprint density at radius 1 is 0.944 bits per heavy atom. The lowest BCUT2D eigenvalue weighted by atomic mass is 9.86. The highest BCUT2D eigenvalue weighted by molar-refractivity contribution is 7.12. The number of quaternary nitrogens is 1. The number of likely N-dealkylation sites (tertiary alicyclic amines) is 1. The first-order valence-corrected chi connectivity index (χ1v) is 14.7. The number of thiophene rings is 2. The molecule has 192 valence electrons. The van der Waals surface area contributed by atoms with Crippen LogP contribution in [0.2, 0.25) is 0 Å². The molecule has 2 aliphatic carbocycles. The second-order valence-corrected chi connectivity index (χ2v) is 12.8. The molecule has 2 bridgehead atoms. The number of esters is 1. The fourth-order valence-corrected chi connectivity index (χ4v) is 9.08. The van der Waals surface area contributed by atoms with E-state index in [1.54, 1.807) is 0 Å². The number of ether oxygens (including phenoxy) is 1. The number of nitrogens with zero attached hydrogens (tertiary/aromatic N) is 1. The van der Waals surface area contributed by atoms with Crippen molar-refractivity contribution in [2.24, 2.45) is 11.8 Å². The first-order chi connectivity index (χ1) is 17.0. The summed E-state index contributed by atoms with van der Waals surface area (Å²) in [6, 6.07) is 18.9. The van der Waals surface area contributed by atoms with Crippen LogP contribution in [0.25, 0.3) is 0 Å². The zero-order valence-electron chi connectivity index (χ0n) is 20.6. The van der Waals surface area contributed by atoms with Crippen LogP contribution < -0.4 is 17.0 Å². The van der Waals surface area contributed by atoms with Gasteiger partial charge in [-0.2, -0.15) is 0 Å². The second kappa shape index (κ2) is 10.3. The highest BCUT2D eigenvalue weighted by Gasteiger charge is 2.59. The molecule has 3 fully saturated rings. The molecule has 6 rings (SSSR count). The summed E-state index contributed by atoms with van der Waals surface area (Å²) in [4.78, 5) is 14.9.